The Labute approximate surface area is 106 Å². The fourth-order valence-electron chi connectivity index (χ4n) is 1.75. The van der Waals surface area contributed by atoms with E-state index in [1.807, 2.05) is 13.8 Å². The first kappa shape index (κ1) is 14.6. The molecule has 0 aliphatic carbocycles. The van der Waals surface area contributed by atoms with Crippen LogP contribution in [0.1, 0.15) is 43.5 Å². The van der Waals surface area contributed by atoms with Crippen molar-refractivity contribution in [3.8, 4) is 0 Å². The molecule has 1 aromatic heterocycles. The van der Waals surface area contributed by atoms with Crippen LogP contribution >= 0.6 is 0 Å². The second-order valence-electron chi connectivity index (χ2n) is 4.38. The second kappa shape index (κ2) is 6.44. The summed E-state index contributed by atoms with van der Waals surface area (Å²) in [6, 6.07) is 2.50. The molecule has 2 N–H and O–H groups in total. The lowest BCUT2D eigenvalue weighted by atomic mass is 9.95. The van der Waals surface area contributed by atoms with Crippen molar-refractivity contribution < 1.29 is 14.3 Å². The summed E-state index contributed by atoms with van der Waals surface area (Å²) in [6.07, 6.45) is 3.26. The molecule has 0 fully saturated rings. The highest BCUT2D eigenvalue weighted by Crippen LogP contribution is 2.16. The van der Waals surface area contributed by atoms with Gasteiger partial charge in [-0.05, 0) is 18.9 Å². The SMILES string of the molecule is CCCC(O)(CC)CNC(=O)c1ccnc(F)c1. The van der Waals surface area contributed by atoms with Crippen LogP contribution in [0.3, 0.4) is 0 Å². The van der Waals surface area contributed by atoms with Gasteiger partial charge in [-0.3, -0.25) is 4.79 Å². The Balaban J connectivity index is 2.60. The molecule has 0 radical (unpaired) electrons. The molecule has 0 saturated carbocycles. The number of aliphatic hydroxyl groups is 1. The third-order valence-electron chi connectivity index (χ3n) is 2.94. The van der Waals surface area contributed by atoms with E-state index in [-0.39, 0.29) is 12.1 Å². The highest BCUT2D eigenvalue weighted by atomic mass is 19.1. The third-order valence-corrected chi connectivity index (χ3v) is 2.94. The van der Waals surface area contributed by atoms with Crippen molar-refractivity contribution in [3.05, 3.63) is 29.8 Å². The third kappa shape index (κ3) is 4.07. The zero-order valence-electron chi connectivity index (χ0n) is 10.7. The van der Waals surface area contributed by atoms with Crippen LogP contribution < -0.4 is 5.32 Å². The largest absolute Gasteiger partial charge is 0.388 e. The van der Waals surface area contributed by atoms with E-state index in [1.165, 1.54) is 12.3 Å². The molecule has 1 amide bonds. The first-order valence-electron chi connectivity index (χ1n) is 6.13. The quantitative estimate of drug-likeness (QED) is 0.762. The predicted octanol–water partition coefficient (Wildman–Crippen LogP) is 1.89. The van der Waals surface area contributed by atoms with Crippen LogP contribution in [0.2, 0.25) is 0 Å². The van der Waals surface area contributed by atoms with E-state index < -0.39 is 17.5 Å². The number of nitrogens with zero attached hydrogens (tertiary/aromatic N) is 1. The number of pyridine rings is 1. The minimum Gasteiger partial charge on any atom is -0.388 e. The minimum atomic E-state index is -0.893. The lowest BCUT2D eigenvalue weighted by Gasteiger charge is -2.26. The van der Waals surface area contributed by atoms with Crippen LogP contribution in [0.15, 0.2) is 18.3 Å². The average molecular weight is 254 g/mol. The summed E-state index contributed by atoms with van der Waals surface area (Å²) in [4.78, 5) is 15.1. The van der Waals surface area contributed by atoms with E-state index in [0.717, 1.165) is 12.5 Å². The number of nitrogens with one attached hydrogen (secondary N) is 1. The Morgan fingerprint density at radius 2 is 2.28 bits per heavy atom. The highest BCUT2D eigenvalue weighted by Gasteiger charge is 2.24. The van der Waals surface area contributed by atoms with Gasteiger partial charge in [0.05, 0.1) is 5.60 Å². The fourth-order valence-corrected chi connectivity index (χ4v) is 1.75. The summed E-state index contributed by atoms with van der Waals surface area (Å²) in [7, 11) is 0. The van der Waals surface area contributed by atoms with Crippen LogP contribution in [0.5, 0.6) is 0 Å². The smallest absolute Gasteiger partial charge is 0.251 e. The number of carbonyl (C=O) groups excluding carboxylic acids is 1. The highest BCUT2D eigenvalue weighted by molar-refractivity contribution is 5.94. The molecule has 0 aromatic carbocycles. The molecular formula is C13H19FN2O2. The van der Waals surface area contributed by atoms with Crippen molar-refractivity contribution in [1.29, 1.82) is 0 Å². The van der Waals surface area contributed by atoms with Crippen LogP contribution in [0.4, 0.5) is 4.39 Å². The van der Waals surface area contributed by atoms with Gasteiger partial charge in [0.2, 0.25) is 5.95 Å². The van der Waals surface area contributed by atoms with E-state index >= 15 is 0 Å². The summed E-state index contributed by atoms with van der Waals surface area (Å²) in [6.45, 7) is 4.01. The van der Waals surface area contributed by atoms with Gasteiger partial charge < -0.3 is 10.4 Å². The predicted molar refractivity (Wildman–Crippen MR) is 66.7 cm³/mol. The van der Waals surface area contributed by atoms with E-state index in [2.05, 4.69) is 10.3 Å². The van der Waals surface area contributed by atoms with Gasteiger partial charge in [-0.1, -0.05) is 20.3 Å². The number of carbonyl (C=O) groups is 1. The number of amides is 1. The molecule has 1 unspecified atom stereocenters. The summed E-state index contributed by atoms with van der Waals surface area (Å²) in [5.41, 5.74) is -0.687. The molecule has 1 aromatic rings. The number of hydrogen-bond donors (Lipinski definition) is 2. The van der Waals surface area contributed by atoms with Crippen LogP contribution in [-0.2, 0) is 0 Å². The molecular weight excluding hydrogens is 235 g/mol. The first-order chi connectivity index (χ1) is 8.50. The van der Waals surface area contributed by atoms with E-state index in [9.17, 15) is 14.3 Å². The summed E-state index contributed by atoms with van der Waals surface area (Å²) in [5.74, 6) is -1.10. The lowest BCUT2D eigenvalue weighted by molar-refractivity contribution is 0.0263. The normalized spacial score (nSPS) is 14.0. The van der Waals surface area contributed by atoms with Gasteiger partial charge >= 0.3 is 0 Å². The molecule has 1 heterocycles. The molecule has 5 heteroatoms. The summed E-state index contributed by atoms with van der Waals surface area (Å²) >= 11 is 0. The zero-order chi connectivity index (χ0) is 13.6. The van der Waals surface area contributed by atoms with Gasteiger partial charge in [0.25, 0.3) is 5.91 Å². The van der Waals surface area contributed by atoms with Crippen molar-refractivity contribution in [2.24, 2.45) is 0 Å². The van der Waals surface area contributed by atoms with Crippen molar-refractivity contribution >= 4 is 5.91 Å². The van der Waals surface area contributed by atoms with E-state index in [1.54, 1.807) is 0 Å². The average Bonchev–Trinajstić information content (AvgIpc) is 2.36. The lowest BCUT2D eigenvalue weighted by Crippen LogP contribution is -2.42. The number of aromatic nitrogens is 1. The van der Waals surface area contributed by atoms with Crippen molar-refractivity contribution in [3.63, 3.8) is 0 Å². The van der Waals surface area contributed by atoms with Crippen molar-refractivity contribution in [2.45, 2.75) is 38.7 Å². The van der Waals surface area contributed by atoms with Gasteiger partial charge in [0, 0.05) is 24.4 Å². The molecule has 1 rings (SSSR count). The first-order valence-corrected chi connectivity index (χ1v) is 6.13. The Morgan fingerprint density at radius 3 is 2.83 bits per heavy atom. The van der Waals surface area contributed by atoms with Crippen LogP contribution in [0, 0.1) is 5.95 Å². The number of hydrogen-bond acceptors (Lipinski definition) is 3. The van der Waals surface area contributed by atoms with Gasteiger partial charge in [-0.15, -0.1) is 0 Å². The maximum absolute atomic E-state index is 12.8. The fraction of sp³-hybridized carbons (Fsp3) is 0.538. The van der Waals surface area contributed by atoms with E-state index in [4.69, 9.17) is 0 Å². The van der Waals surface area contributed by atoms with Gasteiger partial charge in [-0.2, -0.15) is 4.39 Å². The maximum atomic E-state index is 12.8. The van der Waals surface area contributed by atoms with Crippen LogP contribution in [0.25, 0.3) is 0 Å². The molecule has 0 aliphatic rings. The monoisotopic (exact) mass is 254 g/mol. The van der Waals surface area contributed by atoms with E-state index in [0.29, 0.717) is 12.8 Å². The Morgan fingerprint density at radius 1 is 1.56 bits per heavy atom. The van der Waals surface area contributed by atoms with Crippen molar-refractivity contribution in [2.75, 3.05) is 6.54 Å². The molecule has 0 saturated heterocycles. The molecule has 0 bridgehead atoms. The van der Waals surface area contributed by atoms with Gasteiger partial charge in [0.1, 0.15) is 0 Å². The molecule has 4 nitrogen and oxygen atoms in total. The van der Waals surface area contributed by atoms with Gasteiger partial charge in [0.15, 0.2) is 0 Å². The second-order valence-corrected chi connectivity index (χ2v) is 4.38. The molecule has 1 atom stereocenters. The molecule has 100 valence electrons. The Hall–Kier alpha value is -1.49. The standard InChI is InChI=1S/C13H19FN2O2/c1-3-6-13(18,4-2)9-16-12(17)10-5-7-15-11(14)8-10/h5,7-8,18H,3-4,6,9H2,1-2H3,(H,16,17). The maximum Gasteiger partial charge on any atom is 0.251 e. The summed E-state index contributed by atoms with van der Waals surface area (Å²) < 4.78 is 12.8. The minimum absolute atomic E-state index is 0.167. The molecule has 0 aliphatic heterocycles. The van der Waals surface area contributed by atoms with Gasteiger partial charge in [-0.25, -0.2) is 4.98 Å². The molecule has 18 heavy (non-hydrogen) atoms. The van der Waals surface area contributed by atoms with Crippen LogP contribution in [-0.4, -0.2) is 28.1 Å². The zero-order valence-corrected chi connectivity index (χ0v) is 10.7. The number of rotatable bonds is 6. The summed E-state index contributed by atoms with van der Waals surface area (Å²) in [5, 5.41) is 12.8. The molecule has 0 spiro atoms. The Kier molecular flexibility index (Phi) is 5.22. The Bertz CT molecular complexity index is 412. The van der Waals surface area contributed by atoms with Crippen molar-refractivity contribution in [1.82, 2.24) is 10.3 Å². The number of halogens is 1. The topological polar surface area (TPSA) is 62.2 Å².